The maximum Gasteiger partial charge on any atom is 0.318 e. The quantitative estimate of drug-likeness (QED) is 0.845. The molecule has 3 saturated heterocycles. The number of aromatic hydroxyl groups is 1. The highest BCUT2D eigenvalue weighted by molar-refractivity contribution is 5.76. The molecular weight excluding hydrogens is 350 g/mol. The smallest absolute Gasteiger partial charge is 0.318 e. The fraction of sp³-hybridized carbons (Fsp3) is 0.435. The van der Waals surface area contributed by atoms with E-state index < -0.39 is 0 Å². The molecule has 4 aliphatic rings. The molecule has 146 valence electrons. The number of fused-ring (bicyclic) bond motifs is 4. The molecule has 0 unspecified atom stereocenters. The van der Waals surface area contributed by atoms with Gasteiger partial charge in [0.15, 0.2) is 0 Å². The normalized spacial score (nSPS) is 28.6. The van der Waals surface area contributed by atoms with Crippen molar-refractivity contribution < 1.29 is 9.90 Å². The minimum absolute atomic E-state index is 0.0336. The Kier molecular flexibility index (Phi) is 4.47. The first-order valence-corrected chi connectivity index (χ1v) is 10.4. The van der Waals surface area contributed by atoms with E-state index in [0.29, 0.717) is 12.5 Å². The van der Waals surface area contributed by atoms with Gasteiger partial charge in [-0.3, -0.25) is 0 Å². The molecule has 2 N–H and O–H groups in total. The first-order chi connectivity index (χ1) is 13.7. The highest BCUT2D eigenvalue weighted by atomic mass is 16.3. The Bertz CT molecular complexity index is 858. The van der Waals surface area contributed by atoms with E-state index in [1.807, 2.05) is 23.1 Å². The minimum Gasteiger partial charge on any atom is -0.508 e. The summed E-state index contributed by atoms with van der Waals surface area (Å²) >= 11 is 0. The molecule has 2 bridgehead atoms. The molecule has 0 spiro atoms. The van der Waals surface area contributed by atoms with E-state index in [1.54, 1.807) is 12.1 Å². The summed E-state index contributed by atoms with van der Waals surface area (Å²) in [6.45, 7) is 4.02. The van der Waals surface area contributed by atoms with Gasteiger partial charge in [0.2, 0.25) is 0 Å². The van der Waals surface area contributed by atoms with Crippen LogP contribution in [0.15, 0.2) is 48.5 Å². The number of piperidine rings is 3. The summed E-state index contributed by atoms with van der Waals surface area (Å²) in [5.74, 6) is 0.856. The van der Waals surface area contributed by atoms with Crippen molar-refractivity contribution in [2.75, 3.05) is 26.2 Å². The molecule has 3 fully saturated rings. The van der Waals surface area contributed by atoms with E-state index in [1.165, 1.54) is 37.1 Å². The van der Waals surface area contributed by atoms with Gasteiger partial charge in [-0.25, -0.2) is 4.79 Å². The molecule has 2 aromatic rings. The van der Waals surface area contributed by atoms with Gasteiger partial charge in [0.1, 0.15) is 5.75 Å². The molecule has 6 rings (SSSR count). The van der Waals surface area contributed by atoms with Crippen molar-refractivity contribution in [2.24, 2.45) is 5.92 Å². The average molecular weight is 377 g/mol. The summed E-state index contributed by atoms with van der Waals surface area (Å²) in [7, 11) is 0. The Labute approximate surface area is 166 Å². The lowest BCUT2D eigenvalue weighted by molar-refractivity contribution is 0.0715. The van der Waals surface area contributed by atoms with Crippen molar-refractivity contribution in [2.45, 2.75) is 31.3 Å². The van der Waals surface area contributed by atoms with Crippen LogP contribution in [-0.2, 0) is 6.42 Å². The van der Waals surface area contributed by atoms with E-state index >= 15 is 0 Å². The molecule has 2 atom stereocenters. The molecule has 0 aliphatic carbocycles. The van der Waals surface area contributed by atoms with Gasteiger partial charge in [-0.1, -0.05) is 36.4 Å². The monoisotopic (exact) mass is 377 g/mol. The lowest BCUT2D eigenvalue weighted by atomic mass is 9.84. The van der Waals surface area contributed by atoms with Crippen LogP contribution in [0.1, 0.15) is 35.6 Å². The summed E-state index contributed by atoms with van der Waals surface area (Å²) in [4.78, 5) is 17.8. The molecule has 28 heavy (non-hydrogen) atoms. The van der Waals surface area contributed by atoms with Crippen LogP contribution in [0.3, 0.4) is 0 Å². The minimum atomic E-state index is -0.119. The largest absolute Gasteiger partial charge is 0.508 e. The van der Waals surface area contributed by atoms with Gasteiger partial charge in [-0.15, -0.1) is 0 Å². The van der Waals surface area contributed by atoms with Crippen molar-refractivity contribution in [3.63, 3.8) is 0 Å². The third kappa shape index (κ3) is 3.14. The number of nitrogens with one attached hydrogen (secondary N) is 1. The Morgan fingerprint density at radius 3 is 2.46 bits per heavy atom. The molecule has 2 amide bonds. The third-order valence-electron chi connectivity index (χ3n) is 6.72. The Morgan fingerprint density at radius 1 is 1.00 bits per heavy atom. The van der Waals surface area contributed by atoms with Gasteiger partial charge in [0.05, 0.1) is 6.04 Å². The molecule has 4 heterocycles. The van der Waals surface area contributed by atoms with Crippen molar-refractivity contribution in [3.8, 4) is 5.75 Å². The van der Waals surface area contributed by atoms with Crippen molar-refractivity contribution in [1.82, 2.24) is 15.1 Å². The Morgan fingerprint density at radius 2 is 1.75 bits per heavy atom. The van der Waals surface area contributed by atoms with Gasteiger partial charge in [0.25, 0.3) is 0 Å². The van der Waals surface area contributed by atoms with Crippen molar-refractivity contribution >= 4 is 6.03 Å². The zero-order chi connectivity index (χ0) is 19.1. The predicted octanol–water partition coefficient (Wildman–Crippen LogP) is 3.14. The molecule has 5 heteroatoms. The summed E-state index contributed by atoms with van der Waals surface area (Å²) < 4.78 is 0. The summed E-state index contributed by atoms with van der Waals surface area (Å²) in [6, 6.07) is 15.8. The van der Waals surface area contributed by atoms with E-state index in [2.05, 4.69) is 28.4 Å². The van der Waals surface area contributed by atoms with Gasteiger partial charge < -0.3 is 20.2 Å². The number of carbonyl (C=O) groups excluding carboxylic acids is 1. The standard InChI is InChI=1S/C23H27N3O2/c27-19-7-5-18(6-8-19)22-20-4-2-1-3-16(20)11-14-26(22)23(28)24-21-15-25-12-9-17(21)10-13-25/h1-8,17,21-22,27H,9-15H2,(H,24,28)/t21-,22-/m1/s1. The fourth-order valence-corrected chi connectivity index (χ4v) is 5.17. The number of benzene rings is 2. The van der Waals surface area contributed by atoms with Crippen LogP contribution in [0, 0.1) is 5.92 Å². The summed E-state index contributed by atoms with van der Waals surface area (Å²) in [5, 5.41) is 13.1. The number of rotatable bonds is 2. The topological polar surface area (TPSA) is 55.8 Å². The highest BCUT2D eigenvalue weighted by Gasteiger charge is 2.38. The number of amides is 2. The summed E-state index contributed by atoms with van der Waals surface area (Å²) in [6.07, 6.45) is 3.25. The second-order valence-corrected chi connectivity index (χ2v) is 8.33. The van der Waals surface area contributed by atoms with E-state index in [4.69, 9.17) is 0 Å². The summed E-state index contributed by atoms with van der Waals surface area (Å²) in [5.41, 5.74) is 3.52. The molecule has 4 aliphatic heterocycles. The van der Waals surface area contributed by atoms with Crippen LogP contribution in [0.25, 0.3) is 0 Å². The SMILES string of the molecule is O=C(N[C@@H]1CN2CCC1CC2)N1CCc2ccccc2[C@H]1c1ccc(O)cc1. The third-order valence-corrected chi connectivity index (χ3v) is 6.72. The second-order valence-electron chi connectivity index (χ2n) is 8.33. The molecule has 0 radical (unpaired) electrons. The lowest BCUT2D eigenvalue weighted by Gasteiger charge is -2.46. The van der Waals surface area contributed by atoms with Crippen LogP contribution in [0.5, 0.6) is 5.75 Å². The number of hydrogen-bond donors (Lipinski definition) is 2. The van der Waals surface area contributed by atoms with Crippen LogP contribution in [-0.4, -0.2) is 53.2 Å². The molecule has 0 saturated carbocycles. The molecular formula is C23H27N3O2. The number of carbonyl (C=O) groups is 1. The van der Waals surface area contributed by atoms with E-state index in [0.717, 1.165) is 18.5 Å². The molecule has 0 aromatic heterocycles. The number of phenolic OH excluding ortho intramolecular Hbond substituents is 1. The van der Waals surface area contributed by atoms with Gasteiger partial charge in [-0.2, -0.15) is 0 Å². The number of nitrogens with zero attached hydrogens (tertiary/aromatic N) is 2. The molecule has 2 aromatic carbocycles. The van der Waals surface area contributed by atoms with Crippen LogP contribution in [0.2, 0.25) is 0 Å². The Hall–Kier alpha value is -2.53. The zero-order valence-corrected chi connectivity index (χ0v) is 16.1. The van der Waals surface area contributed by atoms with Gasteiger partial charge >= 0.3 is 6.03 Å². The van der Waals surface area contributed by atoms with Crippen LogP contribution >= 0.6 is 0 Å². The van der Waals surface area contributed by atoms with Gasteiger partial charge in [-0.05, 0) is 67.1 Å². The maximum absolute atomic E-state index is 13.4. The van der Waals surface area contributed by atoms with Crippen molar-refractivity contribution in [1.29, 1.82) is 0 Å². The number of urea groups is 1. The molecule has 5 nitrogen and oxygen atoms in total. The average Bonchev–Trinajstić information content (AvgIpc) is 2.74. The van der Waals surface area contributed by atoms with Crippen molar-refractivity contribution in [3.05, 3.63) is 65.2 Å². The zero-order valence-electron chi connectivity index (χ0n) is 16.1. The first-order valence-electron chi connectivity index (χ1n) is 10.4. The fourth-order valence-electron chi connectivity index (χ4n) is 5.17. The van der Waals surface area contributed by atoms with Crippen LogP contribution < -0.4 is 5.32 Å². The highest BCUT2D eigenvalue weighted by Crippen LogP contribution is 2.36. The van der Waals surface area contributed by atoms with Crippen LogP contribution in [0.4, 0.5) is 4.79 Å². The Balaban J connectivity index is 1.43. The predicted molar refractivity (Wildman–Crippen MR) is 108 cm³/mol. The van der Waals surface area contributed by atoms with Gasteiger partial charge in [0, 0.05) is 19.1 Å². The van der Waals surface area contributed by atoms with E-state index in [-0.39, 0.29) is 23.9 Å². The van der Waals surface area contributed by atoms with E-state index in [9.17, 15) is 9.90 Å². The number of hydrogen-bond acceptors (Lipinski definition) is 3. The maximum atomic E-state index is 13.4. The number of phenols is 1. The first kappa shape index (κ1) is 17.6. The second kappa shape index (κ2) is 7.13. The lowest BCUT2D eigenvalue weighted by Crippen LogP contribution is -2.59.